The summed E-state index contributed by atoms with van der Waals surface area (Å²) < 4.78 is 0. The molecule has 1 heteroatoms. The molecule has 0 saturated heterocycles. The van der Waals surface area contributed by atoms with Crippen molar-refractivity contribution in [3.8, 4) is 0 Å². The van der Waals surface area contributed by atoms with Crippen LogP contribution in [0.5, 0.6) is 0 Å². The summed E-state index contributed by atoms with van der Waals surface area (Å²) in [6.45, 7) is 3.97. The van der Waals surface area contributed by atoms with E-state index in [1.165, 1.54) is 11.1 Å². The highest BCUT2D eigenvalue weighted by Crippen LogP contribution is 2.11. The number of benzene rings is 1. The van der Waals surface area contributed by atoms with Crippen molar-refractivity contribution in [2.75, 3.05) is 0 Å². The van der Waals surface area contributed by atoms with E-state index in [9.17, 15) is 0 Å². The van der Waals surface area contributed by atoms with E-state index in [-0.39, 0.29) is 0 Å². The van der Waals surface area contributed by atoms with Gasteiger partial charge in [-0.05, 0) is 25.0 Å². The summed E-state index contributed by atoms with van der Waals surface area (Å²) in [5, 5.41) is 0. The molecule has 1 nitrogen and oxygen atoms in total. The number of aliphatic imine (C=N–C) groups is 1. The van der Waals surface area contributed by atoms with Gasteiger partial charge in [0.15, 0.2) is 0 Å². The fourth-order valence-corrected chi connectivity index (χ4v) is 0.962. The Bertz CT molecular complexity index is 283. The van der Waals surface area contributed by atoms with Crippen LogP contribution in [0, 0.1) is 0 Å². The molecule has 0 spiro atoms. The molecule has 1 rings (SSSR count). The zero-order valence-corrected chi connectivity index (χ0v) is 7.49. The Morgan fingerprint density at radius 3 is 2.50 bits per heavy atom. The van der Waals surface area contributed by atoms with Crippen LogP contribution in [0.1, 0.15) is 19.4 Å². The lowest BCUT2D eigenvalue weighted by Gasteiger charge is -1.97. The van der Waals surface area contributed by atoms with Crippen molar-refractivity contribution < 1.29 is 0 Å². The summed E-state index contributed by atoms with van der Waals surface area (Å²) >= 11 is 0. The molecule has 0 fully saturated rings. The van der Waals surface area contributed by atoms with Gasteiger partial charge in [-0.1, -0.05) is 30.3 Å². The minimum atomic E-state index is 1.19. The highest BCUT2D eigenvalue weighted by atomic mass is 14.7. The monoisotopic (exact) mass is 159 g/mol. The lowest BCUT2D eigenvalue weighted by atomic mass is 10.1. The first-order chi connectivity index (χ1) is 5.84. The van der Waals surface area contributed by atoms with Crippen LogP contribution in [-0.2, 0) is 0 Å². The summed E-state index contributed by atoms with van der Waals surface area (Å²) in [7, 11) is 0. The molecule has 1 aromatic carbocycles. The summed E-state index contributed by atoms with van der Waals surface area (Å²) in [5.41, 5.74) is 2.41. The van der Waals surface area contributed by atoms with E-state index >= 15 is 0 Å². The molecule has 0 bridgehead atoms. The summed E-state index contributed by atoms with van der Waals surface area (Å²) in [6.07, 6.45) is 3.65. The Kier molecular flexibility index (Phi) is 3.27. The van der Waals surface area contributed by atoms with Crippen molar-refractivity contribution in [1.29, 1.82) is 0 Å². The number of rotatable bonds is 2. The molecule has 0 aromatic heterocycles. The van der Waals surface area contributed by atoms with Gasteiger partial charge in [0, 0.05) is 12.4 Å². The van der Waals surface area contributed by atoms with E-state index in [0.717, 1.165) is 0 Å². The van der Waals surface area contributed by atoms with Gasteiger partial charge < -0.3 is 0 Å². The topological polar surface area (TPSA) is 12.4 Å². The number of hydrogen-bond acceptors (Lipinski definition) is 1. The Labute approximate surface area is 73.5 Å². The molecule has 0 aliphatic rings. The molecule has 0 atom stereocenters. The van der Waals surface area contributed by atoms with Crippen LogP contribution in [0.3, 0.4) is 0 Å². The number of nitrogens with zero attached hydrogens (tertiary/aromatic N) is 1. The van der Waals surface area contributed by atoms with Gasteiger partial charge in [0.2, 0.25) is 0 Å². The first kappa shape index (κ1) is 8.72. The third-order valence-electron chi connectivity index (χ3n) is 1.65. The molecule has 0 saturated carbocycles. The average Bonchev–Trinajstić information content (AvgIpc) is 2.15. The van der Waals surface area contributed by atoms with Crippen LogP contribution < -0.4 is 0 Å². The molecule has 0 unspecified atom stereocenters. The third kappa shape index (κ3) is 2.35. The largest absolute Gasteiger partial charge is 0.269 e. The molecule has 0 N–H and O–H groups in total. The van der Waals surface area contributed by atoms with Crippen molar-refractivity contribution in [1.82, 2.24) is 0 Å². The maximum atomic E-state index is 4.06. The van der Waals surface area contributed by atoms with Crippen LogP contribution in [0.15, 0.2) is 41.5 Å². The lowest BCUT2D eigenvalue weighted by Crippen LogP contribution is -1.76. The molecular weight excluding hydrogens is 146 g/mol. The van der Waals surface area contributed by atoms with Crippen LogP contribution in [0.4, 0.5) is 0 Å². The predicted molar refractivity (Wildman–Crippen MR) is 54.3 cm³/mol. The molecule has 0 heterocycles. The standard InChI is InChI=1S/C11H13N/c1-3-12-9-10(2)11-7-5-4-6-8-11/h3-9H,1-2H3/b10-9+,12-3?. The van der Waals surface area contributed by atoms with Crippen LogP contribution in [0.2, 0.25) is 0 Å². The Balaban J connectivity index is 2.85. The van der Waals surface area contributed by atoms with E-state index in [1.54, 1.807) is 6.21 Å². The SMILES string of the molecule is CC=N/C=C(\C)c1ccccc1. The van der Waals surface area contributed by atoms with Crippen molar-refractivity contribution in [3.63, 3.8) is 0 Å². The minimum Gasteiger partial charge on any atom is -0.269 e. The molecule has 12 heavy (non-hydrogen) atoms. The highest BCUT2D eigenvalue weighted by molar-refractivity contribution is 5.65. The van der Waals surface area contributed by atoms with Crippen molar-refractivity contribution >= 4 is 11.8 Å². The zero-order chi connectivity index (χ0) is 8.81. The summed E-state index contributed by atoms with van der Waals surface area (Å²) in [5.74, 6) is 0. The van der Waals surface area contributed by atoms with E-state index in [2.05, 4.69) is 24.0 Å². The fourth-order valence-electron chi connectivity index (χ4n) is 0.962. The van der Waals surface area contributed by atoms with Gasteiger partial charge in [-0.2, -0.15) is 0 Å². The second-order valence-electron chi connectivity index (χ2n) is 2.59. The maximum Gasteiger partial charge on any atom is 0.0298 e. The molecule has 0 amide bonds. The quantitative estimate of drug-likeness (QED) is 0.588. The molecular formula is C11H13N. The Morgan fingerprint density at radius 2 is 1.92 bits per heavy atom. The van der Waals surface area contributed by atoms with E-state index in [0.29, 0.717) is 0 Å². The van der Waals surface area contributed by atoms with E-state index < -0.39 is 0 Å². The van der Waals surface area contributed by atoms with Crippen molar-refractivity contribution in [3.05, 3.63) is 42.1 Å². The number of allylic oxidation sites excluding steroid dienone is 1. The van der Waals surface area contributed by atoms with Crippen LogP contribution in [-0.4, -0.2) is 6.21 Å². The van der Waals surface area contributed by atoms with Gasteiger partial charge in [0.1, 0.15) is 0 Å². The van der Waals surface area contributed by atoms with Crippen molar-refractivity contribution in [2.24, 2.45) is 4.99 Å². The molecule has 0 radical (unpaired) electrons. The third-order valence-corrected chi connectivity index (χ3v) is 1.65. The first-order valence-corrected chi connectivity index (χ1v) is 4.04. The lowest BCUT2D eigenvalue weighted by molar-refractivity contribution is 1.50. The molecule has 0 aliphatic carbocycles. The average molecular weight is 159 g/mol. The van der Waals surface area contributed by atoms with Gasteiger partial charge in [0.05, 0.1) is 0 Å². The smallest absolute Gasteiger partial charge is 0.0298 e. The Hall–Kier alpha value is -1.37. The fraction of sp³-hybridized carbons (Fsp3) is 0.182. The second-order valence-corrected chi connectivity index (χ2v) is 2.59. The van der Waals surface area contributed by atoms with Gasteiger partial charge >= 0.3 is 0 Å². The predicted octanol–water partition coefficient (Wildman–Crippen LogP) is 3.14. The van der Waals surface area contributed by atoms with Gasteiger partial charge in [-0.15, -0.1) is 0 Å². The minimum absolute atomic E-state index is 1.19. The maximum absolute atomic E-state index is 4.06. The first-order valence-electron chi connectivity index (χ1n) is 4.04. The van der Waals surface area contributed by atoms with E-state index in [4.69, 9.17) is 0 Å². The highest BCUT2D eigenvalue weighted by Gasteiger charge is 1.90. The van der Waals surface area contributed by atoms with Crippen LogP contribution in [0.25, 0.3) is 5.57 Å². The van der Waals surface area contributed by atoms with Crippen molar-refractivity contribution in [2.45, 2.75) is 13.8 Å². The Morgan fingerprint density at radius 1 is 1.25 bits per heavy atom. The van der Waals surface area contributed by atoms with E-state index in [1.807, 2.05) is 31.3 Å². The molecule has 1 aromatic rings. The summed E-state index contributed by atoms with van der Waals surface area (Å²) in [6, 6.07) is 10.2. The number of hydrogen-bond donors (Lipinski definition) is 0. The van der Waals surface area contributed by atoms with Gasteiger partial charge in [-0.3, -0.25) is 4.99 Å². The second kappa shape index (κ2) is 4.50. The summed E-state index contributed by atoms with van der Waals surface area (Å²) in [4.78, 5) is 4.06. The van der Waals surface area contributed by atoms with Gasteiger partial charge in [-0.25, -0.2) is 0 Å². The molecule has 62 valence electrons. The van der Waals surface area contributed by atoms with Crippen LogP contribution >= 0.6 is 0 Å². The van der Waals surface area contributed by atoms with Gasteiger partial charge in [0.25, 0.3) is 0 Å². The normalized spacial score (nSPS) is 12.3. The zero-order valence-electron chi connectivity index (χ0n) is 7.49. The molecule has 0 aliphatic heterocycles.